The molecule has 1 aliphatic heterocycles. The lowest BCUT2D eigenvalue weighted by molar-refractivity contribution is -0.141. The third-order valence-corrected chi connectivity index (χ3v) is 5.59. The van der Waals surface area contributed by atoms with E-state index >= 15 is 0 Å². The molecule has 6 nitrogen and oxygen atoms in total. The molecule has 1 fully saturated rings. The number of anilines is 1. The van der Waals surface area contributed by atoms with E-state index in [1.807, 2.05) is 24.3 Å². The lowest BCUT2D eigenvalue weighted by Crippen LogP contribution is -2.53. The summed E-state index contributed by atoms with van der Waals surface area (Å²) in [5.74, 6) is -0.877. The number of nitrogens with one attached hydrogen (secondary N) is 1. The molecule has 3 aromatic rings. The Labute approximate surface area is 209 Å². The first-order valence-electron chi connectivity index (χ1n) is 10.5. The predicted molar refractivity (Wildman–Crippen MR) is 128 cm³/mol. The maximum absolute atomic E-state index is 13.2. The molecule has 1 saturated heterocycles. The SMILES string of the molecule is O=C(Nc1ccc(C(F)(F)F)nc1OC1CN(C/C=C/c2ccc(Cl)cc2)C1)c1ccnc(Cl)c1. The standard InChI is InChI=1S/C24H19Cl2F3N4O2/c25-17-5-3-15(4-6-17)2-1-11-33-13-18(14-33)35-23-19(7-8-20(32-23)24(27,28)29)31-22(34)16-9-10-30-21(26)12-16/h1-10,12,18H,11,13-14H2,(H,31,34)/b2-1+. The quantitative estimate of drug-likeness (QED) is 0.395. The fourth-order valence-corrected chi connectivity index (χ4v) is 3.64. The smallest absolute Gasteiger partial charge is 0.433 e. The Kier molecular flexibility index (Phi) is 7.59. The maximum Gasteiger partial charge on any atom is 0.433 e. The van der Waals surface area contributed by atoms with Crippen LogP contribution >= 0.6 is 23.2 Å². The monoisotopic (exact) mass is 522 g/mol. The first-order valence-corrected chi connectivity index (χ1v) is 11.3. The van der Waals surface area contributed by atoms with Crippen molar-refractivity contribution in [2.45, 2.75) is 12.3 Å². The summed E-state index contributed by atoms with van der Waals surface area (Å²) < 4.78 is 45.4. The zero-order valence-corrected chi connectivity index (χ0v) is 19.6. The number of rotatable bonds is 7. The fraction of sp³-hybridized carbons (Fsp3) is 0.208. The van der Waals surface area contributed by atoms with Crippen LogP contribution in [-0.2, 0) is 6.18 Å². The highest BCUT2D eigenvalue weighted by molar-refractivity contribution is 6.30. The summed E-state index contributed by atoms with van der Waals surface area (Å²) in [4.78, 5) is 22.0. The molecular weight excluding hydrogens is 504 g/mol. The number of hydrogen-bond acceptors (Lipinski definition) is 5. The van der Waals surface area contributed by atoms with Crippen LogP contribution in [0.5, 0.6) is 5.88 Å². The van der Waals surface area contributed by atoms with Gasteiger partial charge in [0, 0.05) is 36.4 Å². The highest BCUT2D eigenvalue weighted by Crippen LogP contribution is 2.33. The molecule has 0 atom stereocenters. The fourth-order valence-electron chi connectivity index (χ4n) is 3.34. The lowest BCUT2D eigenvalue weighted by atomic mass is 10.1. The summed E-state index contributed by atoms with van der Waals surface area (Å²) >= 11 is 11.7. The molecule has 0 aliphatic carbocycles. The number of aromatic nitrogens is 2. The van der Waals surface area contributed by atoms with E-state index in [0.717, 1.165) is 17.7 Å². The molecule has 1 amide bonds. The van der Waals surface area contributed by atoms with E-state index < -0.39 is 17.8 Å². The average molecular weight is 523 g/mol. The molecule has 35 heavy (non-hydrogen) atoms. The van der Waals surface area contributed by atoms with Gasteiger partial charge in [0.1, 0.15) is 22.6 Å². The minimum atomic E-state index is -4.66. The first-order chi connectivity index (χ1) is 16.7. The zero-order chi connectivity index (χ0) is 25.0. The zero-order valence-electron chi connectivity index (χ0n) is 18.1. The Morgan fingerprint density at radius 3 is 2.57 bits per heavy atom. The number of pyridine rings is 2. The van der Waals surface area contributed by atoms with Crippen molar-refractivity contribution < 1.29 is 22.7 Å². The molecule has 182 valence electrons. The molecule has 0 saturated carbocycles. The van der Waals surface area contributed by atoms with E-state index in [1.54, 1.807) is 12.1 Å². The van der Waals surface area contributed by atoms with Crippen molar-refractivity contribution in [2.75, 3.05) is 25.0 Å². The van der Waals surface area contributed by atoms with Crippen LogP contribution in [0.4, 0.5) is 18.9 Å². The number of nitrogens with zero attached hydrogens (tertiary/aromatic N) is 3. The molecule has 3 heterocycles. The first kappa shape index (κ1) is 25.0. The maximum atomic E-state index is 13.2. The third-order valence-electron chi connectivity index (χ3n) is 5.13. The Morgan fingerprint density at radius 1 is 1.14 bits per heavy atom. The van der Waals surface area contributed by atoms with Gasteiger partial charge in [-0.3, -0.25) is 9.69 Å². The molecule has 1 aliphatic rings. The van der Waals surface area contributed by atoms with Crippen molar-refractivity contribution in [3.63, 3.8) is 0 Å². The van der Waals surface area contributed by atoms with E-state index in [9.17, 15) is 18.0 Å². The highest BCUT2D eigenvalue weighted by Gasteiger charge is 2.35. The van der Waals surface area contributed by atoms with Crippen LogP contribution in [-0.4, -0.2) is 46.5 Å². The minimum Gasteiger partial charge on any atom is -0.470 e. The lowest BCUT2D eigenvalue weighted by Gasteiger charge is -2.38. The summed E-state index contributed by atoms with van der Waals surface area (Å²) in [5.41, 5.74) is 0.112. The predicted octanol–water partition coefficient (Wildman–Crippen LogP) is 5.83. The van der Waals surface area contributed by atoms with Gasteiger partial charge in [0.2, 0.25) is 5.88 Å². The van der Waals surface area contributed by atoms with Crippen molar-refractivity contribution in [3.05, 3.63) is 87.8 Å². The van der Waals surface area contributed by atoms with E-state index in [0.29, 0.717) is 24.7 Å². The van der Waals surface area contributed by atoms with E-state index in [1.165, 1.54) is 18.3 Å². The number of alkyl halides is 3. The molecule has 1 N–H and O–H groups in total. The summed E-state index contributed by atoms with van der Waals surface area (Å²) in [6, 6.07) is 12.1. The van der Waals surface area contributed by atoms with Gasteiger partial charge in [0.15, 0.2) is 0 Å². The molecule has 0 radical (unpaired) electrons. The van der Waals surface area contributed by atoms with Crippen molar-refractivity contribution in [2.24, 2.45) is 0 Å². The van der Waals surface area contributed by atoms with Gasteiger partial charge in [-0.15, -0.1) is 0 Å². The number of amides is 1. The van der Waals surface area contributed by atoms with E-state index in [4.69, 9.17) is 27.9 Å². The van der Waals surface area contributed by atoms with Crippen molar-refractivity contribution in [3.8, 4) is 5.88 Å². The van der Waals surface area contributed by atoms with Crippen molar-refractivity contribution >= 4 is 40.9 Å². The van der Waals surface area contributed by atoms with Crippen LogP contribution in [0.2, 0.25) is 10.2 Å². The minimum absolute atomic E-state index is 0.0250. The van der Waals surface area contributed by atoms with Crippen molar-refractivity contribution in [1.82, 2.24) is 14.9 Å². The van der Waals surface area contributed by atoms with Gasteiger partial charge in [-0.2, -0.15) is 13.2 Å². The topological polar surface area (TPSA) is 67.3 Å². The average Bonchev–Trinajstić information content (AvgIpc) is 2.78. The Bertz CT molecular complexity index is 1230. The summed E-state index contributed by atoms with van der Waals surface area (Å²) in [5, 5.41) is 3.31. The number of benzene rings is 1. The van der Waals surface area contributed by atoms with Gasteiger partial charge < -0.3 is 10.1 Å². The number of hydrogen-bond donors (Lipinski definition) is 1. The Morgan fingerprint density at radius 2 is 1.89 bits per heavy atom. The van der Waals surface area contributed by atoms with Gasteiger partial charge >= 0.3 is 6.18 Å². The van der Waals surface area contributed by atoms with Crippen LogP contribution in [0.3, 0.4) is 0 Å². The number of carbonyl (C=O) groups is 1. The highest BCUT2D eigenvalue weighted by atomic mass is 35.5. The Hall–Kier alpha value is -3.14. The Balaban J connectivity index is 1.40. The van der Waals surface area contributed by atoms with Crippen molar-refractivity contribution in [1.29, 1.82) is 0 Å². The number of ether oxygens (including phenoxy) is 1. The second-order valence-electron chi connectivity index (χ2n) is 7.78. The van der Waals surface area contributed by atoms with Gasteiger partial charge in [-0.25, -0.2) is 9.97 Å². The summed E-state index contributed by atoms with van der Waals surface area (Å²) in [7, 11) is 0. The molecule has 1 aromatic carbocycles. The molecule has 4 rings (SSSR count). The van der Waals surface area contributed by atoms with E-state index in [-0.39, 0.29) is 28.4 Å². The molecule has 11 heteroatoms. The molecule has 0 unspecified atom stereocenters. The van der Waals surface area contributed by atoms with Crippen LogP contribution < -0.4 is 10.1 Å². The second-order valence-corrected chi connectivity index (χ2v) is 8.60. The molecule has 0 spiro atoms. The third kappa shape index (κ3) is 6.72. The summed E-state index contributed by atoms with van der Waals surface area (Å²) in [6.45, 7) is 1.64. The molecule has 2 aromatic heterocycles. The number of halogens is 5. The number of carbonyl (C=O) groups excluding carboxylic acids is 1. The van der Waals surface area contributed by atoms with E-state index in [2.05, 4.69) is 20.2 Å². The largest absolute Gasteiger partial charge is 0.470 e. The van der Waals surface area contributed by atoms with Crippen LogP contribution in [0.25, 0.3) is 6.08 Å². The van der Waals surface area contributed by atoms with Crippen LogP contribution in [0.15, 0.2) is 60.8 Å². The normalized spacial score (nSPS) is 14.7. The molecular formula is C24H19Cl2F3N4O2. The second kappa shape index (κ2) is 10.6. The van der Waals surface area contributed by atoms with Crippen LogP contribution in [0, 0.1) is 0 Å². The number of likely N-dealkylation sites (tertiary alicyclic amines) is 1. The molecule has 0 bridgehead atoms. The van der Waals surface area contributed by atoms with Crippen LogP contribution in [0.1, 0.15) is 21.6 Å². The van der Waals surface area contributed by atoms with Gasteiger partial charge in [0.05, 0.1) is 0 Å². The van der Waals surface area contributed by atoms with Gasteiger partial charge in [0.25, 0.3) is 5.91 Å². The van der Waals surface area contributed by atoms with Gasteiger partial charge in [-0.1, -0.05) is 47.5 Å². The summed E-state index contributed by atoms with van der Waals surface area (Å²) in [6.07, 6.45) is 0.258. The van der Waals surface area contributed by atoms with Gasteiger partial charge in [-0.05, 0) is 42.0 Å².